The molecule has 0 bridgehead atoms. The highest BCUT2D eigenvalue weighted by Gasteiger charge is 2.48. The van der Waals surface area contributed by atoms with Crippen molar-refractivity contribution in [3.8, 4) is 0 Å². The molecule has 134 valence electrons. The number of aryl methyl sites for hydroxylation is 1. The number of hydrogen-bond acceptors (Lipinski definition) is 5. The van der Waals surface area contributed by atoms with Crippen LogP contribution in [0.5, 0.6) is 0 Å². The van der Waals surface area contributed by atoms with E-state index in [0.29, 0.717) is 13.1 Å². The van der Waals surface area contributed by atoms with Crippen molar-refractivity contribution in [2.75, 3.05) is 39.4 Å². The summed E-state index contributed by atoms with van der Waals surface area (Å²) in [4.78, 5) is 17.0. The lowest BCUT2D eigenvalue weighted by molar-refractivity contribution is -0.146. The average molecular weight is 336 g/mol. The Labute approximate surface area is 142 Å². The number of piperidine rings is 1. The van der Waals surface area contributed by atoms with Crippen LogP contribution in [-0.2, 0) is 17.9 Å². The molecule has 2 N–H and O–H groups in total. The number of carbonyl (C=O) groups is 1. The van der Waals surface area contributed by atoms with E-state index in [-0.39, 0.29) is 24.5 Å². The molecule has 2 fully saturated rings. The third-order valence-corrected chi connectivity index (χ3v) is 5.40. The number of hydrogen-bond donors (Lipinski definition) is 2. The summed E-state index contributed by atoms with van der Waals surface area (Å²) >= 11 is 0. The maximum Gasteiger partial charge on any atom is 0.230 e. The van der Waals surface area contributed by atoms with E-state index in [0.717, 1.165) is 56.7 Å². The first-order chi connectivity index (χ1) is 11.6. The number of aliphatic hydroxyl groups excluding tert-OH is 2. The lowest BCUT2D eigenvalue weighted by Crippen LogP contribution is -2.50. The minimum atomic E-state index is -0.261. The van der Waals surface area contributed by atoms with Crippen molar-refractivity contribution in [3.63, 3.8) is 0 Å². The van der Waals surface area contributed by atoms with Gasteiger partial charge in [-0.25, -0.2) is 0 Å². The zero-order chi connectivity index (χ0) is 17.2. The number of amides is 1. The fourth-order valence-electron chi connectivity index (χ4n) is 4.13. The first-order valence-corrected chi connectivity index (χ1v) is 8.84. The third-order valence-electron chi connectivity index (χ3n) is 5.40. The van der Waals surface area contributed by atoms with Gasteiger partial charge in [-0.15, -0.1) is 0 Å². The molecule has 1 aromatic heterocycles. The summed E-state index contributed by atoms with van der Waals surface area (Å²) in [6.45, 7) is 6.36. The van der Waals surface area contributed by atoms with Gasteiger partial charge in [0.05, 0.1) is 30.9 Å². The predicted octanol–water partition coefficient (Wildman–Crippen LogP) is -0.00938. The van der Waals surface area contributed by atoms with Crippen LogP contribution in [0, 0.1) is 12.3 Å². The van der Waals surface area contributed by atoms with Gasteiger partial charge in [-0.1, -0.05) is 0 Å². The maximum absolute atomic E-state index is 12.8. The Hall–Kier alpha value is -1.44. The molecule has 3 heterocycles. The number of nitrogens with zero attached hydrogens (tertiary/aromatic N) is 4. The Morgan fingerprint density at radius 2 is 2.00 bits per heavy atom. The van der Waals surface area contributed by atoms with Crippen LogP contribution in [0.4, 0.5) is 0 Å². The van der Waals surface area contributed by atoms with E-state index in [1.165, 1.54) is 0 Å². The number of rotatable bonds is 6. The lowest BCUT2D eigenvalue weighted by atomic mass is 9.78. The van der Waals surface area contributed by atoms with Crippen LogP contribution < -0.4 is 0 Å². The summed E-state index contributed by atoms with van der Waals surface area (Å²) in [5.41, 5.74) is 1.89. The second-order valence-electron chi connectivity index (χ2n) is 7.09. The van der Waals surface area contributed by atoms with E-state index >= 15 is 0 Å². The van der Waals surface area contributed by atoms with Crippen LogP contribution in [0.3, 0.4) is 0 Å². The summed E-state index contributed by atoms with van der Waals surface area (Å²) < 4.78 is 1.78. The summed E-state index contributed by atoms with van der Waals surface area (Å²) in [7, 11) is 0. The van der Waals surface area contributed by atoms with Crippen molar-refractivity contribution in [1.29, 1.82) is 0 Å². The van der Waals surface area contributed by atoms with Gasteiger partial charge < -0.3 is 15.1 Å². The van der Waals surface area contributed by atoms with E-state index in [1.807, 2.05) is 18.0 Å². The minimum absolute atomic E-state index is 0.0365. The van der Waals surface area contributed by atoms with Gasteiger partial charge in [0, 0.05) is 37.9 Å². The smallest absolute Gasteiger partial charge is 0.230 e. The van der Waals surface area contributed by atoms with E-state index in [1.54, 1.807) is 4.68 Å². The summed E-state index contributed by atoms with van der Waals surface area (Å²) in [6, 6.07) is 0. The highest BCUT2D eigenvalue weighted by molar-refractivity contribution is 5.84. The third kappa shape index (κ3) is 3.34. The zero-order valence-electron chi connectivity index (χ0n) is 14.4. The van der Waals surface area contributed by atoms with Crippen LogP contribution in [0.1, 0.15) is 30.5 Å². The van der Waals surface area contributed by atoms with Crippen molar-refractivity contribution in [2.24, 2.45) is 5.41 Å². The van der Waals surface area contributed by atoms with Gasteiger partial charge in [0.15, 0.2) is 0 Å². The largest absolute Gasteiger partial charge is 0.395 e. The predicted molar refractivity (Wildman–Crippen MR) is 89.3 cm³/mol. The Bertz CT molecular complexity index is 586. The van der Waals surface area contributed by atoms with Gasteiger partial charge in [-0.2, -0.15) is 5.10 Å². The normalized spacial score (nSPS) is 25.1. The molecule has 2 saturated heterocycles. The van der Waals surface area contributed by atoms with Crippen molar-refractivity contribution in [3.05, 3.63) is 17.5 Å². The molecule has 1 aromatic rings. The molecular formula is C17H28N4O3. The monoisotopic (exact) mass is 336 g/mol. The van der Waals surface area contributed by atoms with Gasteiger partial charge in [0.2, 0.25) is 5.91 Å². The Morgan fingerprint density at radius 1 is 1.21 bits per heavy atom. The topological polar surface area (TPSA) is 81.8 Å². The van der Waals surface area contributed by atoms with Crippen molar-refractivity contribution < 1.29 is 15.0 Å². The Kier molecular flexibility index (Phi) is 5.22. The summed E-state index contributed by atoms with van der Waals surface area (Å²) in [5.74, 6) is 0.220. The van der Waals surface area contributed by atoms with E-state index in [2.05, 4.69) is 10.00 Å². The number of aliphatic hydroxyl groups is 2. The molecule has 24 heavy (non-hydrogen) atoms. The molecule has 0 radical (unpaired) electrons. The molecule has 2 aliphatic rings. The molecule has 2 aliphatic heterocycles. The maximum atomic E-state index is 12.8. The van der Waals surface area contributed by atoms with Gasteiger partial charge in [0.25, 0.3) is 0 Å². The van der Waals surface area contributed by atoms with Crippen LogP contribution in [-0.4, -0.2) is 75.1 Å². The van der Waals surface area contributed by atoms with Gasteiger partial charge >= 0.3 is 0 Å². The van der Waals surface area contributed by atoms with Gasteiger partial charge in [-0.3, -0.25) is 14.4 Å². The molecule has 0 aromatic carbocycles. The standard InChI is InChI=1S/C17H28N4O3/c1-14-15(12-21(18-14)8-10-23)11-19-6-4-17(13-19)3-2-5-20(7-9-22)16(17)24/h12,22-23H,2-11,13H2,1H3/t17-/m1/s1. The number of carbonyl (C=O) groups excluding carboxylic acids is 1. The van der Waals surface area contributed by atoms with Crippen molar-refractivity contribution in [2.45, 2.75) is 39.3 Å². The minimum Gasteiger partial charge on any atom is -0.395 e. The quantitative estimate of drug-likeness (QED) is 0.764. The second-order valence-corrected chi connectivity index (χ2v) is 7.09. The van der Waals surface area contributed by atoms with Gasteiger partial charge in [0.1, 0.15) is 0 Å². The molecular weight excluding hydrogens is 308 g/mol. The average Bonchev–Trinajstić information content (AvgIpc) is 3.10. The fraction of sp³-hybridized carbons (Fsp3) is 0.765. The Morgan fingerprint density at radius 3 is 2.75 bits per heavy atom. The molecule has 0 saturated carbocycles. The highest BCUT2D eigenvalue weighted by Crippen LogP contribution is 2.40. The molecule has 0 unspecified atom stereocenters. The number of aromatic nitrogens is 2. The van der Waals surface area contributed by atoms with Crippen LogP contribution in [0.25, 0.3) is 0 Å². The number of β-amino-alcohol motifs (C(OH)–C–C–N with tert-alkyl or cyclic N) is 1. The molecule has 7 nitrogen and oxygen atoms in total. The molecule has 1 atom stereocenters. The first-order valence-electron chi connectivity index (χ1n) is 8.84. The van der Waals surface area contributed by atoms with Crippen molar-refractivity contribution in [1.82, 2.24) is 19.6 Å². The zero-order valence-corrected chi connectivity index (χ0v) is 14.4. The second kappa shape index (κ2) is 7.21. The first kappa shape index (κ1) is 17.4. The van der Waals surface area contributed by atoms with E-state index in [9.17, 15) is 4.79 Å². The summed E-state index contributed by atoms with van der Waals surface area (Å²) in [5, 5.41) is 22.6. The highest BCUT2D eigenvalue weighted by atomic mass is 16.3. The van der Waals surface area contributed by atoms with Crippen LogP contribution in [0.2, 0.25) is 0 Å². The molecule has 1 amide bonds. The molecule has 7 heteroatoms. The lowest BCUT2D eigenvalue weighted by Gasteiger charge is -2.39. The Balaban J connectivity index is 1.65. The molecule has 1 spiro atoms. The van der Waals surface area contributed by atoms with Crippen LogP contribution in [0.15, 0.2) is 6.20 Å². The van der Waals surface area contributed by atoms with Crippen molar-refractivity contribution >= 4 is 5.91 Å². The number of likely N-dealkylation sites (tertiary alicyclic amines) is 2. The summed E-state index contributed by atoms with van der Waals surface area (Å²) in [6.07, 6.45) is 4.87. The molecule has 3 rings (SSSR count). The van der Waals surface area contributed by atoms with Gasteiger partial charge in [-0.05, 0) is 32.7 Å². The fourth-order valence-corrected chi connectivity index (χ4v) is 4.13. The van der Waals surface area contributed by atoms with E-state index in [4.69, 9.17) is 10.2 Å². The SMILES string of the molecule is Cc1nn(CCO)cc1CN1CC[C@]2(CCCN(CCO)C2=O)C1. The van der Waals surface area contributed by atoms with E-state index < -0.39 is 0 Å². The van der Waals surface area contributed by atoms with Crippen LogP contribution >= 0.6 is 0 Å². The molecule has 0 aliphatic carbocycles.